The van der Waals surface area contributed by atoms with Gasteiger partial charge in [-0.1, -0.05) is 23.9 Å². The second-order valence-electron chi connectivity index (χ2n) is 5.07. The first-order valence-electron chi connectivity index (χ1n) is 7.49. The Morgan fingerprint density at radius 1 is 1.48 bits per heavy atom. The van der Waals surface area contributed by atoms with Gasteiger partial charge < -0.3 is 18.5 Å². The van der Waals surface area contributed by atoms with Crippen molar-refractivity contribution in [3.05, 3.63) is 12.2 Å². The van der Waals surface area contributed by atoms with E-state index in [4.69, 9.17) is 18.5 Å². The Balaban J connectivity index is 2.17. The molecule has 2 unspecified atom stereocenters. The molecular weight excluding hydrogens is 341 g/mol. The van der Waals surface area contributed by atoms with E-state index >= 15 is 0 Å². The molecule has 0 bridgehead atoms. The molecule has 0 fully saturated rings. The summed E-state index contributed by atoms with van der Waals surface area (Å²) in [7, 11) is -3.23. The normalized spacial score (nSPS) is 26.7. The molecule has 2 rings (SSSR count). The van der Waals surface area contributed by atoms with Crippen LogP contribution >= 0.6 is 19.4 Å². The highest BCUT2D eigenvalue weighted by Gasteiger charge is 2.47. The molecule has 130 valence electrons. The summed E-state index contributed by atoms with van der Waals surface area (Å²) in [4.78, 5) is 15.7. The standard InChI is InChI=1S/C14H22NO6PS/c1-4-20-22(17,21-5-2)9-12-15-14(10-19-11(3)16)7-6-8-18-13(14)23-12/h6-7,13H,4-5,8-10H2,1-3H3. The van der Waals surface area contributed by atoms with Crippen LogP contribution in [-0.2, 0) is 27.9 Å². The van der Waals surface area contributed by atoms with Crippen LogP contribution in [0.1, 0.15) is 20.8 Å². The van der Waals surface area contributed by atoms with Gasteiger partial charge in [-0.3, -0.25) is 14.4 Å². The van der Waals surface area contributed by atoms with Gasteiger partial charge in [0.05, 0.1) is 31.0 Å². The van der Waals surface area contributed by atoms with Gasteiger partial charge >= 0.3 is 13.6 Å². The average Bonchev–Trinajstić information content (AvgIpc) is 2.83. The minimum atomic E-state index is -3.23. The fourth-order valence-electron chi connectivity index (χ4n) is 2.35. The van der Waals surface area contributed by atoms with Crippen molar-refractivity contribution in [2.75, 3.05) is 32.6 Å². The number of aliphatic imine (C=N–C) groups is 1. The molecule has 2 atom stereocenters. The number of esters is 1. The molecule has 0 aromatic heterocycles. The van der Waals surface area contributed by atoms with Crippen molar-refractivity contribution in [1.82, 2.24) is 0 Å². The highest BCUT2D eigenvalue weighted by atomic mass is 32.2. The Bertz CT molecular complexity index is 541. The smallest absolute Gasteiger partial charge is 0.337 e. The molecule has 9 heteroatoms. The van der Waals surface area contributed by atoms with Gasteiger partial charge in [-0.25, -0.2) is 0 Å². The molecule has 0 saturated carbocycles. The Hall–Kier alpha value is -0.660. The number of carbonyl (C=O) groups excluding carboxylic acids is 1. The van der Waals surface area contributed by atoms with E-state index in [0.717, 1.165) is 0 Å². The number of thioether (sulfide) groups is 1. The van der Waals surface area contributed by atoms with Crippen molar-refractivity contribution in [2.45, 2.75) is 31.7 Å². The summed E-state index contributed by atoms with van der Waals surface area (Å²) in [6, 6.07) is 0. The van der Waals surface area contributed by atoms with E-state index in [9.17, 15) is 9.36 Å². The largest absolute Gasteiger partial charge is 0.463 e. The van der Waals surface area contributed by atoms with Crippen molar-refractivity contribution in [1.29, 1.82) is 0 Å². The van der Waals surface area contributed by atoms with Crippen LogP contribution in [0, 0.1) is 0 Å². The number of carbonyl (C=O) groups is 1. The maximum absolute atomic E-state index is 12.7. The summed E-state index contributed by atoms with van der Waals surface area (Å²) in [6.45, 7) is 6.04. The molecule has 0 aliphatic carbocycles. The van der Waals surface area contributed by atoms with Gasteiger partial charge in [0.2, 0.25) is 0 Å². The molecule has 0 amide bonds. The van der Waals surface area contributed by atoms with Crippen LogP contribution in [0.15, 0.2) is 17.1 Å². The van der Waals surface area contributed by atoms with E-state index in [-0.39, 0.29) is 24.2 Å². The summed E-state index contributed by atoms with van der Waals surface area (Å²) < 4.78 is 34.1. The molecule has 0 saturated heterocycles. The van der Waals surface area contributed by atoms with Gasteiger partial charge in [-0.15, -0.1) is 0 Å². The third-order valence-electron chi connectivity index (χ3n) is 3.22. The van der Waals surface area contributed by atoms with Gasteiger partial charge in [0.1, 0.15) is 17.6 Å². The molecule has 0 spiro atoms. The van der Waals surface area contributed by atoms with Crippen LogP contribution in [-0.4, -0.2) is 54.6 Å². The van der Waals surface area contributed by atoms with Crippen LogP contribution in [0.3, 0.4) is 0 Å². The Labute approximate surface area is 140 Å². The van der Waals surface area contributed by atoms with Crippen LogP contribution < -0.4 is 0 Å². The van der Waals surface area contributed by atoms with Crippen LogP contribution in [0.4, 0.5) is 0 Å². The lowest BCUT2D eigenvalue weighted by Gasteiger charge is -2.31. The van der Waals surface area contributed by atoms with E-state index in [1.165, 1.54) is 18.7 Å². The summed E-state index contributed by atoms with van der Waals surface area (Å²) in [5.74, 6) is -0.375. The maximum Gasteiger partial charge on any atom is 0.337 e. The lowest BCUT2D eigenvalue weighted by Crippen LogP contribution is -2.43. The minimum Gasteiger partial charge on any atom is -0.463 e. The predicted molar refractivity (Wildman–Crippen MR) is 89.0 cm³/mol. The maximum atomic E-state index is 12.7. The molecule has 2 aliphatic rings. The Morgan fingerprint density at radius 3 is 2.78 bits per heavy atom. The summed E-state index contributed by atoms with van der Waals surface area (Å²) in [5, 5.41) is 0.624. The topological polar surface area (TPSA) is 83.4 Å². The third kappa shape index (κ3) is 4.67. The van der Waals surface area contributed by atoms with E-state index in [1.807, 2.05) is 12.2 Å². The highest BCUT2D eigenvalue weighted by Crippen LogP contribution is 2.51. The van der Waals surface area contributed by atoms with E-state index in [2.05, 4.69) is 4.99 Å². The number of nitrogens with zero attached hydrogens (tertiary/aromatic N) is 1. The Kier molecular flexibility index (Phi) is 6.45. The van der Waals surface area contributed by atoms with Crippen LogP contribution in [0.5, 0.6) is 0 Å². The van der Waals surface area contributed by atoms with Gasteiger partial charge in [-0.2, -0.15) is 0 Å². The number of hydrogen-bond donors (Lipinski definition) is 0. The molecule has 0 aromatic rings. The van der Waals surface area contributed by atoms with Crippen molar-refractivity contribution >= 4 is 30.4 Å². The first kappa shape index (κ1) is 18.7. The van der Waals surface area contributed by atoms with E-state index < -0.39 is 13.1 Å². The number of ether oxygens (including phenoxy) is 2. The third-order valence-corrected chi connectivity index (χ3v) is 6.69. The fraction of sp³-hybridized carbons (Fsp3) is 0.714. The SMILES string of the molecule is CCOP(=O)(CC1=NC2(COC(C)=O)C=CCOC2S1)OCC. The van der Waals surface area contributed by atoms with Crippen molar-refractivity contribution in [2.24, 2.45) is 4.99 Å². The van der Waals surface area contributed by atoms with Crippen molar-refractivity contribution < 1.29 is 27.9 Å². The van der Waals surface area contributed by atoms with Gasteiger partial charge in [0.25, 0.3) is 0 Å². The van der Waals surface area contributed by atoms with Gasteiger partial charge in [0.15, 0.2) is 0 Å². The molecule has 0 N–H and O–H groups in total. The van der Waals surface area contributed by atoms with Gasteiger partial charge in [0, 0.05) is 6.92 Å². The van der Waals surface area contributed by atoms with Crippen molar-refractivity contribution in [3.63, 3.8) is 0 Å². The second kappa shape index (κ2) is 7.94. The predicted octanol–water partition coefficient (Wildman–Crippen LogP) is 2.61. The minimum absolute atomic E-state index is 0.0908. The summed E-state index contributed by atoms with van der Waals surface area (Å²) in [6.07, 6.45) is 3.82. The zero-order chi connectivity index (χ0) is 16.9. The quantitative estimate of drug-likeness (QED) is 0.372. The van der Waals surface area contributed by atoms with Crippen LogP contribution in [0.25, 0.3) is 0 Å². The molecule has 7 nitrogen and oxygen atoms in total. The highest BCUT2D eigenvalue weighted by molar-refractivity contribution is 8.15. The Morgan fingerprint density at radius 2 is 2.17 bits per heavy atom. The number of fused-ring (bicyclic) bond motifs is 1. The van der Waals surface area contributed by atoms with E-state index in [1.54, 1.807) is 13.8 Å². The molecule has 0 radical (unpaired) electrons. The summed E-state index contributed by atoms with van der Waals surface area (Å²) in [5.41, 5.74) is -1.08. The first-order valence-corrected chi connectivity index (χ1v) is 10.1. The zero-order valence-corrected chi connectivity index (χ0v) is 15.2. The molecule has 0 aromatic carbocycles. The number of hydrogen-bond acceptors (Lipinski definition) is 8. The molecule has 2 aliphatic heterocycles. The van der Waals surface area contributed by atoms with Crippen LogP contribution in [0.2, 0.25) is 0 Å². The second-order valence-corrected chi connectivity index (χ2v) is 8.26. The number of rotatable bonds is 8. The first-order chi connectivity index (χ1) is 10.9. The molecule has 23 heavy (non-hydrogen) atoms. The average molecular weight is 363 g/mol. The molecule has 2 heterocycles. The lowest BCUT2D eigenvalue weighted by molar-refractivity contribution is -0.143. The van der Waals surface area contributed by atoms with Crippen molar-refractivity contribution in [3.8, 4) is 0 Å². The van der Waals surface area contributed by atoms with Gasteiger partial charge in [-0.05, 0) is 13.8 Å². The zero-order valence-electron chi connectivity index (χ0n) is 13.5. The molecular formula is C14H22NO6PS. The fourth-order valence-corrected chi connectivity index (χ4v) is 5.59. The summed E-state index contributed by atoms with van der Waals surface area (Å²) >= 11 is 1.38. The van der Waals surface area contributed by atoms with E-state index in [0.29, 0.717) is 24.9 Å². The lowest BCUT2D eigenvalue weighted by atomic mass is 10.0. The monoisotopic (exact) mass is 363 g/mol.